The molecule has 4 fully saturated rings. The van der Waals surface area contributed by atoms with E-state index in [1.165, 1.54) is 0 Å². The maximum atomic E-state index is 14.1. The topological polar surface area (TPSA) is 71.1 Å². The van der Waals surface area contributed by atoms with E-state index in [0.29, 0.717) is 38.5 Å². The van der Waals surface area contributed by atoms with Gasteiger partial charge in [0.1, 0.15) is 12.4 Å². The van der Waals surface area contributed by atoms with E-state index in [1.807, 2.05) is 4.90 Å². The lowest BCUT2D eigenvalue weighted by atomic mass is 10.0. The summed E-state index contributed by atoms with van der Waals surface area (Å²) in [5.41, 5.74) is -0.945. The molecule has 33 heavy (non-hydrogen) atoms. The van der Waals surface area contributed by atoms with E-state index in [-0.39, 0.29) is 60.9 Å². The summed E-state index contributed by atoms with van der Waals surface area (Å²) in [6.07, 6.45) is -2.76. The molecule has 5 atom stereocenters. The van der Waals surface area contributed by atoms with E-state index < -0.39 is 17.6 Å². The van der Waals surface area contributed by atoms with Crippen LogP contribution in [0.3, 0.4) is 0 Å². The van der Waals surface area contributed by atoms with Crippen LogP contribution >= 0.6 is 0 Å². The molecule has 4 aliphatic rings. The Kier molecular flexibility index (Phi) is 5.72. The maximum Gasteiger partial charge on any atom is 0.416 e. The average Bonchev–Trinajstić information content (AvgIpc) is 3.37. The highest BCUT2D eigenvalue weighted by molar-refractivity contribution is 5.79. The Hall–Kier alpha value is -2.40. The van der Waals surface area contributed by atoms with Crippen molar-refractivity contribution in [3.8, 4) is 0 Å². The number of ether oxygens (including phenoxy) is 2. The Bertz CT molecular complexity index is 943. The number of rotatable bonds is 3. The van der Waals surface area contributed by atoms with Crippen LogP contribution in [0.5, 0.6) is 0 Å². The van der Waals surface area contributed by atoms with Crippen LogP contribution in [0.15, 0.2) is 18.2 Å². The van der Waals surface area contributed by atoms with Gasteiger partial charge in [0.25, 0.3) is 0 Å². The molecule has 5 rings (SSSR count). The summed E-state index contributed by atoms with van der Waals surface area (Å²) in [5.74, 6) is -1.01. The van der Waals surface area contributed by atoms with Crippen molar-refractivity contribution in [1.82, 2.24) is 15.1 Å². The van der Waals surface area contributed by atoms with Crippen molar-refractivity contribution in [2.45, 2.75) is 56.3 Å². The second kappa shape index (κ2) is 8.43. The number of hydrogen-bond acceptors (Lipinski definition) is 4. The molecule has 11 heteroatoms. The molecule has 1 aromatic carbocycles. The second-order valence-electron chi connectivity index (χ2n) is 9.23. The molecule has 0 unspecified atom stereocenters. The van der Waals surface area contributed by atoms with Crippen LogP contribution in [0, 0.1) is 11.7 Å². The van der Waals surface area contributed by atoms with Gasteiger partial charge in [-0.2, -0.15) is 13.2 Å². The molecular formula is C22H25F4N3O4. The molecule has 0 spiro atoms. The Balaban J connectivity index is 1.14. The van der Waals surface area contributed by atoms with Crippen LogP contribution in [-0.4, -0.2) is 72.3 Å². The first-order valence-electron chi connectivity index (χ1n) is 11.1. The Morgan fingerprint density at radius 2 is 2.06 bits per heavy atom. The summed E-state index contributed by atoms with van der Waals surface area (Å²) in [4.78, 5) is 28.3. The molecule has 1 saturated carbocycles. The zero-order valence-corrected chi connectivity index (χ0v) is 17.8. The first-order chi connectivity index (χ1) is 15.7. The maximum absolute atomic E-state index is 14.1. The monoisotopic (exact) mass is 471 g/mol. The molecule has 180 valence electrons. The third-order valence-electron chi connectivity index (χ3n) is 7.15. The molecule has 3 amide bonds. The first-order valence-corrected chi connectivity index (χ1v) is 11.1. The van der Waals surface area contributed by atoms with Gasteiger partial charge in [0, 0.05) is 37.2 Å². The van der Waals surface area contributed by atoms with Crippen LogP contribution in [-0.2, 0) is 27.1 Å². The zero-order chi connectivity index (χ0) is 23.3. The number of fused-ring (bicyclic) bond motifs is 3. The number of likely N-dealkylation sites (tertiary alicyclic amines) is 2. The number of nitrogens with one attached hydrogen (secondary N) is 1. The molecule has 0 aromatic heterocycles. The van der Waals surface area contributed by atoms with Crippen molar-refractivity contribution in [3.63, 3.8) is 0 Å². The number of carbonyl (C=O) groups excluding carboxylic acids is 2. The van der Waals surface area contributed by atoms with Gasteiger partial charge in [-0.3, -0.25) is 4.79 Å². The van der Waals surface area contributed by atoms with E-state index in [0.717, 1.165) is 18.6 Å². The predicted molar refractivity (Wildman–Crippen MR) is 106 cm³/mol. The summed E-state index contributed by atoms with van der Waals surface area (Å²) < 4.78 is 63.6. The molecule has 2 bridgehead atoms. The lowest BCUT2D eigenvalue weighted by Gasteiger charge is -2.43. The number of alkyl halides is 3. The van der Waals surface area contributed by atoms with Gasteiger partial charge in [0.15, 0.2) is 0 Å². The highest BCUT2D eigenvalue weighted by Crippen LogP contribution is 2.41. The van der Waals surface area contributed by atoms with Gasteiger partial charge in [-0.1, -0.05) is 6.07 Å². The lowest BCUT2D eigenvalue weighted by Crippen LogP contribution is -2.62. The van der Waals surface area contributed by atoms with Crippen molar-refractivity contribution in [2.24, 2.45) is 5.92 Å². The summed E-state index contributed by atoms with van der Waals surface area (Å²) in [5, 5.41) is 2.89. The standard InChI is InChI=1S/C22H25F4N3O4/c23-16-6-14(22(24,25)26)2-1-12(16)10-32-19-7-15-5-13(19)8-29(15)21(31)28-4-3-18-17(9-28)27-20(30)11-33-18/h1-2,6,13,15,17-19H,3-5,7-11H2,(H,27,30)/t13-,15-,17-,18+,19+/m1/s1. The van der Waals surface area contributed by atoms with Crippen molar-refractivity contribution in [2.75, 3.05) is 26.2 Å². The molecule has 3 saturated heterocycles. The predicted octanol–water partition coefficient (Wildman–Crippen LogP) is 2.53. The van der Waals surface area contributed by atoms with Gasteiger partial charge in [-0.05, 0) is 31.4 Å². The normalized spacial score (nSPS) is 31.5. The summed E-state index contributed by atoms with van der Waals surface area (Å²) >= 11 is 0. The van der Waals surface area contributed by atoms with Gasteiger partial charge < -0.3 is 24.6 Å². The van der Waals surface area contributed by atoms with E-state index in [4.69, 9.17) is 9.47 Å². The highest BCUT2D eigenvalue weighted by atomic mass is 19.4. The van der Waals surface area contributed by atoms with Crippen LogP contribution in [0.2, 0.25) is 0 Å². The fourth-order valence-electron chi connectivity index (χ4n) is 5.44. The molecule has 1 aliphatic carbocycles. The third kappa shape index (κ3) is 4.40. The van der Waals surface area contributed by atoms with E-state index >= 15 is 0 Å². The lowest BCUT2D eigenvalue weighted by molar-refractivity contribution is -0.140. The summed E-state index contributed by atoms with van der Waals surface area (Å²) in [6, 6.07) is 2.21. The molecule has 1 N–H and O–H groups in total. The zero-order valence-electron chi connectivity index (χ0n) is 17.8. The van der Waals surface area contributed by atoms with Crippen LogP contribution in [0.25, 0.3) is 0 Å². The number of morpholine rings is 1. The van der Waals surface area contributed by atoms with E-state index in [9.17, 15) is 27.2 Å². The average molecular weight is 471 g/mol. The number of benzene rings is 1. The molecule has 1 aromatic rings. The van der Waals surface area contributed by atoms with Crippen molar-refractivity contribution < 1.29 is 36.6 Å². The Labute approximate surface area is 188 Å². The van der Waals surface area contributed by atoms with Gasteiger partial charge >= 0.3 is 12.2 Å². The molecule has 3 heterocycles. The van der Waals surface area contributed by atoms with Crippen LogP contribution < -0.4 is 5.32 Å². The smallest absolute Gasteiger partial charge is 0.373 e. The minimum atomic E-state index is -4.59. The second-order valence-corrected chi connectivity index (χ2v) is 9.23. The molecular weight excluding hydrogens is 446 g/mol. The van der Waals surface area contributed by atoms with E-state index in [2.05, 4.69) is 5.32 Å². The first kappa shape index (κ1) is 22.4. The van der Waals surface area contributed by atoms with Gasteiger partial charge in [-0.15, -0.1) is 0 Å². The molecule has 7 nitrogen and oxygen atoms in total. The number of hydrogen-bond donors (Lipinski definition) is 1. The highest BCUT2D eigenvalue weighted by Gasteiger charge is 2.49. The minimum Gasteiger partial charge on any atom is -0.373 e. The Morgan fingerprint density at radius 1 is 1.24 bits per heavy atom. The molecule has 3 aliphatic heterocycles. The van der Waals surface area contributed by atoms with Crippen molar-refractivity contribution in [1.29, 1.82) is 0 Å². The van der Waals surface area contributed by atoms with Crippen LogP contribution in [0.1, 0.15) is 30.4 Å². The van der Waals surface area contributed by atoms with Crippen molar-refractivity contribution >= 4 is 11.9 Å². The summed E-state index contributed by atoms with van der Waals surface area (Å²) in [6.45, 7) is 1.45. The number of halogens is 4. The van der Waals surface area contributed by atoms with Gasteiger partial charge in [0.05, 0.1) is 30.4 Å². The van der Waals surface area contributed by atoms with Gasteiger partial charge in [-0.25, -0.2) is 9.18 Å². The quantitative estimate of drug-likeness (QED) is 0.688. The SMILES string of the molecule is O=C1CO[C@H]2CCN(C(=O)N3C[C@H]4C[C@@H]3C[C@@H]4OCc3ccc(C(F)(F)F)cc3F)C[C@H]2N1. The van der Waals surface area contributed by atoms with Crippen LogP contribution in [0.4, 0.5) is 22.4 Å². The fourth-order valence-corrected chi connectivity index (χ4v) is 5.44. The molecule has 0 radical (unpaired) electrons. The van der Waals surface area contributed by atoms with Gasteiger partial charge in [0.2, 0.25) is 5.91 Å². The number of carbonyl (C=O) groups is 2. The fraction of sp³-hybridized carbons (Fsp3) is 0.636. The van der Waals surface area contributed by atoms with E-state index in [1.54, 1.807) is 4.90 Å². The minimum absolute atomic E-state index is 0.0138. The van der Waals surface area contributed by atoms with Crippen molar-refractivity contribution in [3.05, 3.63) is 35.1 Å². The number of piperidine rings is 2. The third-order valence-corrected chi connectivity index (χ3v) is 7.15. The summed E-state index contributed by atoms with van der Waals surface area (Å²) in [7, 11) is 0. The Morgan fingerprint density at radius 3 is 2.76 bits per heavy atom. The number of urea groups is 1. The largest absolute Gasteiger partial charge is 0.416 e. The number of nitrogens with zero attached hydrogens (tertiary/aromatic N) is 2. The number of amides is 3.